The summed E-state index contributed by atoms with van der Waals surface area (Å²) in [6.45, 7) is 4.66. The van der Waals surface area contributed by atoms with Crippen LogP contribution in [-0.2, 0) is 0 Å². The van der Waals surface area contributed by atoms with Crippen molar-refractivity contribution in [1.82, 2.24) is 0 Å². The molecule has 0 saturated heterocycles. The van der Waals surface area contributed by atoms with Crippen molar-refractivity contribution >= 4 is 0 Å². The van der Waals surface area contributed by atoms with Gasteiger partial charge in [-0.1, -0.05) is 67.2 Å². The summed E-state index contributed by atoms with van der Waals surface area (Å²) in [5, 5.41) is 0. The molecular weight excluding hydrogens is 144 g/mol. The Bertz CT molecular complexity index is 66.0. The fourth-order valence-electron chi connectivity index (χ4n) is 2.05. The molecular formula is C12H28. The Morgan fingerprint density at radius 3 is 1.17 bits per heavy atom. The molecule has 0 N–H and O–H groups in total. The molecule has 0 amide bonds. The van der Waals surface area contributed by atoms with Crippen LogP contribution >= 0.6 is 0 Å². The highest BCUT2D eigenvalue weighted by Gasteiger charge is 2.17. The molecule has 0 bridgehead atoms. The van der Waals surface area contributed by atoms with E-state index in [4.69, 9.17) is 0 Å². The fourth-order valence-corrected chi connectivity index (χ4v) is 2.05. The molecule has 0 radical (unpaired) electrons. The molecule has 1 aliphatic carbocycles. The Balaban J connectivity index is 0. The minimum atomic E-state index is 0. The molecule has 0 heteroatoms. The quantitative estimate of drug-likeness (QED) is 0.556. The van der Waals surface area contributed by atoms with Crippen LogP contribution in [0.1, 0.15) is 67.2 Å². The summed E-state index contributed by atoms with van der Waals surface area (Å²) in [4.78, 5) is 0. The number of rotatable bonds is 2. The zero-order valence-electron chi connectivity index (χ0n) is 7.40. The second-order valence-corrected chi connectivity index (χ2v) is 3.70. The molecule has 1 saturated carbocycles. The topological polar surface area (TPSA) is 0 Å². The Labute approximate surface area is 79.8 Å². The lowest BCUT2D eigenvalue weighted by Crippen LogP contribution is -2.12. The van der Waals surface area contributed by atoms with Crippen LogP contribution < -0.4 is 0 Å². The first-order valence-electron chi connectivity index (χ1n) is 4.86. The van der Waals surface area contributed by atoms with Crippen LogP contribution in [0.3, 0.4) is 0 Å². The molecule has 0 spiro atoms. The third-order valence-corrected chi connectivity index (χ3v) is 3.12. The van der Waals surface area contributed by atoms with Crippen molar-refractivity contribution in [2.45, 2.75) is 67.2 Å². The van der Waals surface area contributed by atoms with E-state index in [2.05, 4.69) is 13.8 Å². The molecule has 0 nitrogen and oxygen atoms in total. The van der Waals surface area contributed by atoms with E-state index in [9.17, 15) is 0 Å². The second-order valence-electron chi connectivity index (χ2n) is 3.70. The normalized spacial score (nSPS) is 28.5. The van der Waals surface area contributed by atoms with Gasteiger partial charge < -0.3 is 0 Å². The average Bonchev–Trinajstić information content (AvgIpc) is 2.05. The molecule has 0 aromatic carbocycles. The fraction of sp³-hybridized carbons (Fsp3) is 1.00. The van der Waals surface area contributed by atoms with E-state index in [0.717, 1.165) is 11.8 Å². The van der Waals surface area contributed by atoms with Crippen molar-refractivity contribution in [3.8, 4) is 0 Å². The molecule has 76 valence electrons. The highest BCUT2D eigenvalue weighted by atomic mass is 14.2. The Kier molecular flexibility index (Phi) is 9.24. The van der Waals surface area contributed by atoms with Crippen molar-refractivity contribution < 1.29 is 0 Å². The lowest BCUT2D eigenvalue weighted by molar-refractivity contribution is 0.264. The van der Waals surface area contributed by atoms with Gasteiger partial charge in [-0.05, 0) is 11.8 Å². The number of hydrogen-bond donors (Lipinski definition) is 0. The second kappa shape index (κ2) is 7.64. The molecule has 1 fully saturated rings. The highest BCUT2D eigenvalue weighted by molar-refractivity contribution is 4.70. The first-order valence-corrected chi connectivity index (χ1v) is 4.86. The minimum Gasteiger partial charge on any atom is -0.0776 e. The van der Waals surface area contributed by atoms with Gasteiger partial charge in [0.25, 0.3) is 0 Å². The standard InChI is InChI=1S/C10H20.2CH4/c1-3-9-5-7-10(4-2)8-6-9;;/h9-10H,3-8H2,1-2H3;2*1H4. The third kappa shape index (κ3) is 4.13. The summed E-state index contributed by atoms with van der Waals surface area (Å²) in [5.74, 6) is 2.14. The summed E-state index contributed by atoms with van der Waals surface area (Å²) in [6.07, 6.45) is 8.86. The van der Waals surface area contributed by atoms with Gasteiger partial charge in [-0.3, -0.25) is 0 Å². The number of hydrogen-bond acceptors (Lipinski definition) is 0. The zero-order valence-corrected chi connectivity index (χ0v) is 7.40. The minimum absolute atomic E-state index is 0. The van der Waals surface area contributed by atoms with Crippen molar-refractivity contribution in [3.05, 3.63) is 0 Å². The molecule has 0 atom stereocenters. The summed E-state index contributed by atoms with van der Waals surface area (Å²) in [7, 11) is 0. The van der Waals surface area contributed by atoms with E-state index in [1.807, 2.05) is 0 Å². The largest absolute Gasteiger partial charge is 0.0776 e. The smallest absolute Gasteiger partial charge is 0.0417 e. The molecule has 0 aliphatic heterocycles. The van der Waals surface area contributed by atoms with Crippen LogP contribution in [0.15, 0.2) is 0 Å². The molecule has 1 rings (SSSR count). The van der Waals surface area contributed by atoms with E-state index in [0.29, 0.717) is 0 Å². The summed E-state index contributed by atoms with van der Waals surface area (Å²) >= 11 is 0. The van der Waals surface area contributed by atoms with E-state index in [-0.39, 0.29) is 14.9 Å². The average molecular weight is 172 g/mol. The van der Waals surface area contributed by atoms with E-state index >= 15 is 0 Å². The van der Waals surface area contributed by atoms with E-state index < -0.39 is 0 Å². The lowest BCUT2D eigenvalue weighted by atomic mass is 9.80. The van der Waals surface area contributed by atoms with Crippen LogP contribution in [0.25, 0.3) is 0 Å². The van der Waals surface area contributed by atoms with Gasteiger partial charge >= 0.3 is 0 Å². The monoisotopic (exact) mass is 172 g/mol. The summed E-state index contributed by atoms with van der Waals surface area (Å²) in [6, 6.07) is 0. The van der Waals surface area contributed by atoms with Gasteiger partial charge in [-0.25, -0.2) is 0 Å². The summed E-state index contributed by atoms with van der Waals surface area (Å²) in [5.41, 5.74) is 0. The van der Waals surface area contributed by atoms with Crippen LogP contribution in [0.5, 0.6) is 0 Å². The van der Waals surface area contributed by atoms with E-state index in [1.54, 1.807) is 0 Å². The molecule has 0 aromatic heterocycles. The highest BCUT2D eigenvalue weighted by Crippen LogP contribution is 2.31. The first kappa shape index (κ1) is 14.5. The van der Waals surface area contributed by atoms with Gasteiger partial charge in [0, 0.05) is 0 Å². The van der Waals surface area contributed by atoms with Crippen LogP contribution in [0.4, 0.5) is 0 Å². The van der Waals surface area contributed by atoms with Gasteiger partial charge in [0.2, 0.25) is 0 Å². The van der Waals surface area contributed by atoms with Gasteiger partial charge in [0.15, 0.2) is 0 Å². The maximum Gasteiger partial charge on any atom is -0.0417 e. The Hall–Kier alpha value is 0. The van der Waals surface area contributed by atoms with Crippen molar-refractivity contribution in [2.75, 3.05) is 0 Å². The maximum absolute atomic E-state index is 2.33. The van der Waals surface area contributed by atoms with Gasteiger partial charge in [0.05, 0.1) is 0 Å². The van der Waals surface area contributed by atoms with Gasteiger partial charge in [-0.2, -0.15) is 0 Å². The molecule has 0 unspecified atom stereocenters. The Morgan fingerprint density at radius 2 is 1.00 bits per heavy atom. The van der Waals surface area contributed by atoms with Crippen molar-refractivity contribution in [2.24, 2.45) is 11.8 Å². The predicted octanol–water partition coefficient (Wildman–Crippen LogP) is 4.89. The van der Waals surface area contributed by atoms with Crippen LogP contribution in [0.2, 0.25) is 0 Å². The maximum atomic E-state index is 2.33. The van der Waals surface area contributed by atoms with Gasteiger partial charge in [-0.15, -0.1) is 0 Å². The van der Waals surface area contributed by atoms with E-state index in [1.165, 1.54) is 38.5 Å². The van der Waals surface area contributed by atoms with Crippen LogP contribution in [0, 0.1) is 11.8 Å². The lowest BCUT2D eigenvalue weighted by Gasteiger charge is -2.26. The molecule has 12 heavy (non-hydrogen) atoms. The third-order valence-electron chi connectivity index (χ3n) is 3.12. The van der Waals surface area contributed by atoms with Crippen molar-refractivity contribution in [3.63, 3.8) is 0 Å². The van der Waals surface area contributed by atoms with Crippen LogP contribution in [-0.4, -0.2) is 0 Å². The first-order chi connectivity index (χ1) is 4.86. The molecule has 0 aromatic rings. The predicted molar refractivity (Wildman–Crippen MR) is 59.5 cm³/mol. The SMILES string of the molecule is C.C.CCC1CCC(CC)CC1. The van der Waals surface area contributed by atoms with Gasteiger partial charge in [0.1, 0.15) is 0 Å². The Morgan fingerprint density at radius 1 is 0.750 bits per heavy atom. The summed E-state index contributed by atoms with van der Waals surface area (Å²) < 4.78 is 0. The zero-order chi connectivity index (χ0) is 7.40. The van der Waals surface area contributed by atoms with Crippen molar-refractivity contribution in [1.29, 1.82) is 0 Å². The molecule has 1 aliphatic rings. The molecule has 0 heterocycles.